The molecule has 1 nitrogen and oxygen atoms in total. The molecule has 1 N–H and O–H groups in total. The summed E-state index contributed by atoms with van der Waals surface area (Å²) in [5, 5.41) is 3.32. The Kier molecular flexibility index (Phi) is 4.34. The van der Waals surface area contributed by atoms with Crippen molar-refractivity contribution < 1.29 is 13.2 Å². The van der Waals surface area contributed by atoms with E-state index in [0.717, 1.165) is 25.3 Å². The molecule has 2 aliphatic rings. The summed E-state index contributed by atoms with van der Waals surface area (Å²) >= 11 is 0. The zero-order valence-electron chi connectivity index (χ0n) is 10.2. The van der Waals surface area contributed by atoms with Gasteiger partial charge in [0, 0.05) is 6.04 Å². The molecule has 0 aliphatic heterocycles. The van der Waals surface area contributed by atoms with Crippen LogP contribution in [-0.4, -0.2) is 18.8 Å². The van der Waals surface area contributed by atoms with Gasteiger partial charge in [0.05, 0.1) is 5.92 Å². The molecule has 0 aromatic carbocycles. The molecule has 2 saturated carbocycles. The van der Waals surface area contributed by atoms with Crippen LogP contribution in [0, 0.1) is 11.8 Å². The monoisotopic (exact) mass is 249 g/mol. The van der Waals surface area contributed by atoms with Crippen LogP contribution in [-0.2, 0) is 0 Å². The van der Waals surface area contributed by atoms with Gasteiger partial charge in [-0.3, -0.25) is 0 Å². The Morgan fingerprint density at radius 1 is 1.00 bits per heavy atom. The first-order valence-electron chi connectivity index (χ1n) is 6.86. The molecule has 0 bridgehead atoms. The fourth-order valence-corrected chi connectivity index (χ4v) is 2.95. The quantitative estimate of drug-likeness (QED) is 0.797. The molecule has 2 aliphatic carbocycles. The van der Waals surface area contributed by atoms with E-state index in [4.69, 9.17) is 0 Å². The van der Waals surface area contributed by atoms with Crippen LogP contribution in [0.15, 0.2) is 0 Å². The van der Waals surface area contributed by atoms with E-state index in [2.05, 4.69) is 5.32 Å². The highest BCUT2D eigenvalue weighted by atomic mass is 19.4. The van der Waals surface area contributed by atoms with Gasteiger partial charge >= 0.3 is 6.18 Å². The van der Waals surface area contributed by atoms with Gasteiger partial charge in [0.1, 0.15) is 0 Å². The lowest BCUT2D eigenvalue weighted by molar-refractivity contribution is -0.183. The van der Waals surface area contributed by atoms with Gasteiger partial charge in [-0.2, -0.15) is 13.2 Å². The summed E-state index contributed by atoms with van der Waals surface area (Å²) in [6.45, 7) is 0.903. The summed E-state index contributed by atoms with van der Waals surface area (Å²) in [7, 11) is 0. The minimum absolute atomic E-state index is 0.0930. The second-order valence-corrected chi connectivity index (χ2v) is 5.64. The SMILES string of the molecule is FC(F)(F)C1CCCC(NCCC2CCC2)C1. The number of halogens is 3. The molecule has 0 aromatic heterocycles. The highest BCUT2D eigenvalue weighted by Gasteiger charge is 2.41. The molecule has 0 aromatic rings. The van der Waals surface area contributed by atoms with E-state index in [1.807, 2.05) is 0 Å². The van der Waals surface area contributed by atoms with Crippen molar-refractivity contribution in [2.24, 2.45) is 11.8 Å². The molecule has 2 atom stereocenters. The molecule has 2 unspecified atom stereocenters. The van der Waals surface area contributed by atoms with E-state index >= 15 is 0 Å². The summed E-state index contributed by atoms with van der Waals surface area (Å²) < 4.78 is 37.8. The van der Waals surface area contributed by atoms with Gasteiger partial charge < -0.3 is 5.32 Å². The molecule has 17 heavy (non-hydrogen) atoms. The number of nitrogens with one attached hydrogen (secondary N) is 1. The van der Waals surface area contributed by atoms with Gasteiger partial charge in [0.25, 0.3) is 0 Å². The summed E-state index contributed by atoms with van der Waals surface area (Å²) in [4.78, 5) is 0. The van der Waals surface area contributed by atoms with Crippen LogP contribution >= 0.6 is 0 Å². The molecule has 100 valence electrons. The second kappa shape index (κ2) is 5.59. The van der Waals surface area contributed by atoms with Gasteiger partial charge in [0.2, 0.25) is 0 Å². The third kappa shape index (κ3) is 3.87. The first kappa shape index (κ1) is 13.2. The maximum absolute atomic E-state index is 12.6. The van der Waals surface area contributed by atoms with E-state index in [1.54, 1.807) is 0 Å². The third-order valence-corrected chi connectivity index (χ3v) is 4.35. The van der Waals surface area contributed by atoms with E-state index in [9.17, 15) is 13.2 Å². The second-order valence-electron chi connectivity index (χ2n) is 5.64. The van der Waals surface area contributed by atoms with Gasteiger partial charge in [-0.1, -0.05) is 25.7 Å². The lowest BCUT2D eigenvalue weighted by Gasteiger charge is -2.32. The van der Waals surface area contributed by atoms with Gasteiger partial charge in [-0.05, 0) is 38.1 Å². The zero-order chi connectivity index (χ0) is 12.3. The maximum atomic E-state index is 12.6. The van der Waals surface area contributed by atoms with Crippen LogP contribution in [0.2, 0.25) is 0 Å². The third-order valence-electron chi connectivity index (χ3n) is 4.35. The Labute approximate surface area is 101 Å². The van der Waals surface area contributed by atoms with Gasteiger partial charge in [-0.15, -0.1) is 0 Å². The van der Waals surface area contributed by atoms with Crippen molar-refractivity contribution in [2.45, 2.75) is 63.6 Å². The Bertz CT molecular complexity index is 235. The fourth-order valence-electron chi connectivity index (χ4n) is 2.95. The van der Waals surface area contributed by atoms with Crippen LogP contribution in [0.3, 0.4) is 0 Å². The standard InChI is InChI=1S/C13H22F3N/c14-13(15,16)11-5-2-6-12(9-11)17-8-7-10-3-1-4-10/h10-12,17H,1-9H2. The fraction of sp³-hybridized carbons (Fsp3) is 1.00. The summed E-state index contributed by atoms with van der Waals surface area (Å²) in [5.74, 6) is -0.234. The molecule has 0 amide bonds. The predicted octanol–water partition coefficient (Wildman–Crippen LogP) is 3.89. The lowest BCUT2D eigenvalue weighted by Crippen LogP contribution is -2.39. The molecular weight excluding hydrogens is 227 g/mol. The Morgan fingerprint density at radius 3 is 2.29 bits per heavy atom. The molecule has 2 fully saturated rings. The first-order chi connectivity index (χ1) is 8.05. The first-order valence-corrected chi connectivity index (χ1v) is 6.86. The van der Waals surface area contributed by atoms with Crippen molar-refractivity contribution in [1.82, 2.24) is 5.32 Å². The molecule has 0 saturated heterocycles. The average molecular weight is 249 g/mol. The van der Waals surface area contributed by atoms with E-state index in [1.165, 1.54) is 19.3 Å². The van der Waals surface area contributed by atoms with Crippen molar-refractivity contribution >= 4 is 0 Å². The number of hydrogen-bond donors (Lipinski definition) is 1. The maximum Gasteiger partial charge on any atom is 0.391 e. The molecule has 0 radical (unpaired) electrons. The molecule has 4 heteroatoms. The van der Waals surface area contributed by atoms with Crippen LogP contribution in [0.5, 0.6) is 0 Å². The van der Waals surface area contributed by atoms with Gasteiger partial charge in [-0.25, -0.2) is 0 Å². The van der Waals surface area contributed by atoms with Crippen molar-refractivity contribution in [3.8, 4) is 0 Å². The largest absolute Gasteiger partial charge is 0.391 e. The smallest absolute Gasteiger partial charge is 0.314 e. The van der Waals surface area contributed by atoms with Crippen molar-refractivity contribution in [1.29, 1.82) is 0 Å². The molecule has 0 heterocycles. The van der Waals surface area contributed by atoms with Crippen LogP contribution in [0.1, 0.15) is 51.4 Å². The number of hydrogen-bond acceptors (Lipinski definition) is 1. The molecular formula is C13H22F3N. The van der Waals surface area contributed by atoms with Crippen molar-refractivity contribution in [3.05, 3.63) is 0 Å². The number of rotatable bonds is 4. The topological polar surface area (TPSA) is 12.0 Å². The van der Waals surface area contributed by atoms with Crippen molar-refractivity contribution in [3.63, 3.8) is 0 Å². The van der Waals surface area contributed by atoms with Crippen LogP contribution in [0.4, 0.5) is 13.2 Å². The van der Waals surface area contributed by atoms with E-state index < -0.39 is 12.1 Å². The summed E-state index contributed by atoms with van der Waals surface area (Å²) in [5.41, 5.74) is 0. The highest BCUT2D eigenvalue weighted by Crippen LogP contribution is 2.37. The molecule has 0 spiro atoms. The van der Waals surface area contributed by atoms with Crippen LogP contribution in [0.25, 0.3) is 0 Å². The average Bonchev–Trinajstić information content (AvgIpc) is 2.21. The number of alkyl halides is 3. The minimum Gasteiger partial charge on any atom is -0.314 e. The van der Waals surface area contributed by atoms with Crippen molar-refractivity contribution in [2.75, 3.05) is 6.54 Å². The Hall–Kier alpha value is -0.250. The van der Waals surface area contributed by atoms with Crippen LogP contribution < -0.4 is 5.32 Å². The van der Waals surface area contributed by atoms with E-state index in [-0.39, 0.29) is 12.5 Å². The lowest BCUT2D eigenvalue weighted by atomic mass is 9.82. The Balaban J connectivity index is 1.66. The zero-order valence-corrected chi connectivity index (χ0v) is 10.2. The highest BCUT2D eigenvalue weighted by molar-refractivity contribution is 4.82. The van der Waals surface area contributed by atoms with E-state index in [0.29, 0.717) is 12.8 Å². The normalized spacial score (nSPS) is 31.2. The van der Waals surface area contributed by atoms with Gasteiger partial charge in [0.15, 0.2) is 0 Å². The summed E-state index contributed by atoms with van der Waals surface area (Å²) in [6, 6.07) is 0.0930. The summed E-state index contributed by atoms with van der Waals surface area (Å²) in [6.07, 6.45) is 3.36. The minimum atomic E-state index is -3.99. The molecule has 2 rings (SSSR count). The predicted molar refractivity (Wildman–Crippen MR) is 61.8 cm³/mol. The Morgan fingerprint density at radius 2 is 1.71 bits per heavy atom.